The first kappa shape index (κ1) is 24.3. The Bertz CT molecular complexity index is 935. The zero-order valence-corrected chi connectivity index (χ0v) is 21.0. The van der Waals surface area contributed by atoms with Crippen LogP contribution >= 0.6 is 0 Å². The molecule has 4 rings (SSSR count). The van der Waals surface area contributed by atoms with E-state index in [1.54, 1.807) is 43.3 Å². The van der Waals surface area contributed by atoms with Crippen molar-refractivity contribution in [1.82, 2.24) is 0 Å². The number of rotatable bonds is 7. The third-order valence-electron chi connectivity index (χ3n) is 7.83. The standard InChI is InChI=1S/C25H33O7Si/c1-6-18-19-16(5)30-23-25(19,32-33(7-2,8-3)9-4)22(28)24(15-29-23,20(18)26)31-21(27)17-13-11-10-12-14-17/h6,10-14,16,19-20,23H,7-9,15H2,1-5H3/q-1/b18-6+/t16-,19+,20+,23+,24+,25-/m1/s1. The van der Waals surface area contributed by atoms with E-state index < -0.39 is 55.7 Å². The van der Waals surface area contributed by atoms with Crippen molar-refractivity contribution in [1.29, 1.82) is 0 Å². The molecule has 33 heavy (non-hydrogen) atoms. The van der Waals surface area contributed by atoms with Crippen LogP contribution in [-0.4, -0.2) is 56.4 Å². The number of allylic oxidation sites excluding steroid dienone is 1. The fraction of sp³-hybridized carbons (Fsp3) is 0.600. The first-order chi connectivity index (χ1) is 15.7. The first-order valence-corrected chi connectivity index (χ1v) is 14.4. The van der Waals surface area contributed by atoms with Gasteiger partial charge in [0, 0.05) is 5.92 Å². The number of carbonyl (C=O) groups is 2. The lowest BCUT2D eigenvalue weighted by Crippen LogP contribution is -2.80. The van der Waals surface area contributed by atoms with E-state index in [1.165, 1.54) is 0 Å². The van der Waals surface area contributed by atoms with Crippen molar-refractivity contribution in [3.05, 3.63) is 47.5 Å². The maximum atomic E-state index is 14.4. The van der Waals surface area contributed by atoms with E-state index in [2.05, 4.69) is 20.8 Å². The number of Topliss-reactive ketones (excluding diaryl/α,β-unsaturated/α-hetero) is 1. The molecule has 1 aromatic rings. The summed E-state index contributed by atoms with van der Waals surface area (Å²) in [6, 6.07) is 10.8. The van der Waals surface area contributed by atoms with Crippen molar-refractivity contribution >= 4 is 20.1 Å². The second-order valence-corrected chi connectivity index (χ2v) is 13.9. The summed E-state index contributed by atoms with van der Waals surface area (Å²) in [7, 11) is -2.36. The Balaban J connectivity index is 1.85. The van der Waals surface area contributed by atoms with E-state index in [0.29, 0.717) is 5.57 Å². The molecule has 0 spiro atoms. The van der Waals surface area contributed by atoms with Gasteiger partial charge in [-0.1, -0.05) is 56.7 Å². The van der Waals surface area contributed by atoms with Crippen molar-refractivity contribution in [2.24, 2.45) is 5.92 Å². The summed E-state index contributed by atoms with van der Waals surface area (Å²) in [5.41, 5.74) is -2.75. The number of carbonyl (C=O) groups excluding carboxylic acids is 2. The molecule has 7 nitrogen and oxygen atoms in total. The van der Waals surface area contributed by atoms with Crippen LogP contribution in [0.1, 0.15) is 45.0 Å². The van der Waals surface area contributed by atoms with Crippen LogP contribution in [0.3, 0.4) is 0 Å². The fourth-order valence-electron chi connectivity index (χ4n) is 5.76. The van der Waals surface area contributed by atoms with Crippen LogP contribution in [0.5, 0.6) is 0 Å². The van der Waals surface area contributed by atoms with E-state index in [4.69, 9.17) is 18.6 Å². The van der Waals surface area contributed by atoms with Gasteiger partial charge in [0.05, 0.1) is 18.3 Å². The number of hydrogen-bond donors (Lipinski definition) is 0. The molecule has 2 bridgehead atoms. The van der Waals surface area contributed by atoms with Gasteiger partial charge in [-0.05, 0) is 44.1 Å². The monoisotopic (exact) mass is 473 g/mol. The van der Waals surface area contributed by atoms with E-state index in [-0.39, 0.29) is 12.2 Å². The van der Waals surface area contributed by atoms with Crippen molar-refractivity contribution in [2.75, 3.05) is 6.61 Å². The number of ether oxygens (including phenoxy) is 3. The lowest BCUT2D eigenvalue weighted by molar-refractivity contribution is -0.447. The van der Waals surface area contributed by atoms with Gasteiger partial charge in [-0.15, -0.1) is 0 Å². The van der Waals surface area contributed by atoms with Gasteiger partial charge in [-0.2, -0.15) is 0 Å². The Labute approximate surface area is 196 Å². The molecule has 3 aliphatic rings. The van der Waals surface area contributed by atoms with E-state index in [9.17, 15) is 14.7 Å². The van der Waals surface area contributed by atoms with Crippen LogP contribution in [0.25, 0.3) is 0 Å². The SMILES string of the molecule is C/C=C1\[C@@H]2[C@@H](C)O[C@@H]3OC[C@@](OC(=O)c4ccccc4)(C(=O)[C@@]32O[Si](CC)(CC)CC)[C@H]1[O-]. The Morgan fingerprint density at radius 2 is 1.85 bits per heavy atom. The van der Waals surface area contributed by atoms with E-state index in [1.807, 2.05) is 6.92 Å². The summed E-state index contributed by atoms with van der Waals surface area (Å²) in [4.78, 5) is 27.4. The predicted octanol–water partition coefficient (Wildman–Crippen LogP) is 2.99. The van der Waals surface area contributed by atoms with Crippen molar-refractivity contribution < 1.29 is 33.3 Å². The van der Waals surface area contributed by atoms with Crippen LogP contribution in [0.15, 0.2) is 42.0 Å². The van der Waals surface area contributed by atoms with Crippen molar-refractivity contribution in [2.45, 2.75) is 82.5 Å². The van der Waals surface area contributed by atoms with Crippen LogP contribution in [0.4, 0.5) is 0 Å². The molecule has 0 amide bonds. The Hall–Kier alpha value is -1.84. The zero-order valence-electron chi connectivity index (χ0n) is 20.0. The average molecular weight is 474 g/mol. The van der Waals surface area contributed by atoms with Gasteiger partial charge >= 0.3 is 5.97 Å². The van der Waals surface area contributed by atoms with Gasteiger partial charge in [0.25, 0.3) is 0 Å². The molecule has 1 aromatic carbocycles. The van der Waals surface area contributed by atoms with Gasteiger partial charge in [-0.3, -0.25) is 4.79 Å². The molecule has 180 valence electrons. The Morgan fingerprint density at radius 1 is 1.21 bits per heavy atom. The first-order valence-electron chi connectivity index (χ1n) is 11.9. The number of benzene rings is 1. The summed E-state index contributed by atoms with van der Waals surface area (Å²) >= 11 is 0. The van der Waals surface area contributed by atoms with Crippen LogP contribution in [0.2, 0.25) is 18.1 Å². The zero-order chi connectivity index (χ0) is 24.0. The van der Waals surface area contributed by atoms with Crippen molar-refractivity contribution in [3.63, 3.8) is 0 Å². The van der Waals surface area contributed by atoms with Gasteiger partial charge in [-0.25, -0.2) is 4.79 Å². The maximum Gasteiger partial charge on any atom is 0.339 e. The van der Waals surface area contributed by atoms with Gasteiger partial charge in [0.15, 0.2) is 25.8 Å². The molecule has 2 heterocycles. The minimum Gasteiger partial charge on any atom is -0.846 e. The maximum absolute atomic E-state index is 14.4. The number of fused-ring (bicyclic) bond motifs is 1. The molecule has 0 unspecified atom stereocenters. The molecule has 8 heteroatoms. The summed E-state index contributed by atoms with van der Waals surface area (Å²) in [5, 5.41) is 13.9. The van der Waals surface area contributed by atoms with Gasteiger partial charge in [0.2, 0.25) is 5.78 Å². The summed E-state index contributed by atoms with van der Waals surface area (Å²) in [6.45, 7) is 9.50. The molecule has 2 saturated heterocycles. The fourth-order valence-corrected chi connectivity index (χ4v) is 8.73. The second-order valence-electron chi connectivity index (χ2n) is 9.24. The molecule has 3 fully saturated rings. The van der Waals surface area contributed by atoms with Crippen LogP contribution in [-0.2, 0) is 23.4 Å². The highest BCUT2D eigenvalue weighted by Gasteiger charge is 2.75. The lowest BCUT2D eigenvalue weighted by atomic mass is 9.61. The number of ketones is 1. The quantitative estimate of drug-likeness (QED) is 0.341. The third-order valence-corrected chi connectivity index (χ3v) is 12.5. The Morgan fingerprint density at radius 3 is 2.42 bits per heavy atom. The van der Waals surface area contributed by atoms with Crippen LogP contribution in [0, 0.1) is 5.92 Å². The van der Waals surface area contributed by atoms with Gasteiger partial charge < -0.3 is 23.7 Å². The normalized spacial score (nSPS) is 36.8. The largest absolute Gasteiger partial charge is 0.846 e. The summed E-state index contributed by atoms with van der Waals surface area (Å²) in [5.74, 6) is -1.82. The minimum absolute atomic E-state index is 0.267. The topological polar surface area (TPSA) is 94.1 Å². The molecule has 0 N–H and O–H groups in total. The lowest BCUT2D eigenvalue weighted by Gasteiger charge is -2.60. The number of hydrogen-bond acceptors (Lipinski definition) is 7. The predicted molar refractivity (Wildman–Crippen MR) is 122 cm³/mol. The summed E-state index contributed by atoms with van der Waals surface area (Å²) < 4.78 is 24.8. The van der Waals surface area contributed by atoms with Crippen molar-refractivity contribution in [3.8, 4) is 0 Å². The highest BCUT2D eigenvalue weighted by atomic mass is 28.4. The molecular formula is C25H33O7Si-. The molecule has 0 aromatic heterocycles. The smallest absolute Gasteiger partial charge is 0.339 e. The molecule has 1 saturated carbocycles. The Kier molecular flexibility index (Phi) is 6.43. The molecule has 6 atom stereocenters. The molecule has 2 aliphatic heterocycles. The van der Waals surface area contributed by atoms with E-state index >= 15 is 0 Å². The van der Waals surface area contributed by atoms with Gasteiger partial charge in [0.1, 0.15) is 0 Å². The highest BCUT2D eigenvalue weighted by Crippen LogP contribution is 2.57. The highest BCUT2D eigenvalue weighted by molar-refractivity contribution is 6.73. The molecule has 0 radical (unpaired) electrons. The second kappa shape index (κ2) is 8.74. The number of esters is 1. The summed E-state index contributed by atoms with van der Waals surface area (Å²) in [6.07, 6.45) is -1.25. The molecule has 1 aliphatic carbocycles. The van der Waals surface area contributed by atoms with Crippen LogP contribution < -0.4 is 5.11 Å². The average Bonchev–Trinajstić information content (AvgIpc) is 3.14. The molecular weight excluding hydrogens is 440 g/mol. The minimum atomic E-state index is -2.36. The van der Waals surface area contributed by atoms with E-state index in [0.717, 1.165) is 18.1 Å². The third kappa shape index (κ3) is 3.38.